The quantitative estimate of drug-likeness (QED) is 0.513. The standard InChI is InChI=1S/C14H12ClN3O/c15-13-7-2-1-6-12(13)14(19)18-11-5-3-4-10(8-11)9-17-16/h1-9H,16H2,(H,18,19)/b17-9-. The lowest BCUT2D eigenvalue weighted by molar-refractivity contribution is 0.102. The minimum Gasteiger partial charge on any atom is -0.323 e. The van der Waals surface area contributed by atoms with E-state index < -0.39 is 0 Å². The van der Waals surface area contributed by atoms with Crippen molar-refractivity contribution in [2.45, 2.75) is 0 Å². The molecule has 0 saturated carbocycles. The molecule has 0 aliphatic rings. The molecule has 5 heteroatoms. The fraction of sp³-hybridized carbons (Fsp3) is 0. The fourth-order valence-electron chi connectivity index (χ4n) is 1.63. The van der Waals surface area contributed by atoms with Crippen molar-refractivity contribution < 1.29 is 4.79 Å². The van der Waals surface area contributed by atoms with E-state index in [-0.39, 0.29) is 5.91 Å². The highest BCUT2D eigenvalue weighted by Gasteiger charge is 2.09. The van der Waals surface area contributed by atoms with Crippen molar-refractivity contribution in [1.82, 2.24) is 0 Å². The van der Waals surface area contributed by atoms with Crippen molar-refractivity contribution in [3.63, 3.8) is 0 Å². The number of hydrazone groups is 1. The smallest absolute Gasteiger partial charge is 0.257 e. The third-order valence-corrected chi connectivity index (χ3v) is 2.82. The van der Waals surface area contributed by atoms with Crippen LogP contribution in [0.15, 0.2) is 53.6 Å². The predicted octanol–water partition coefficient (Wildman–Crippen LogP) is 2.88. The zero-order valence-corrected chi connectivity index (χ0v) is 10.8. The van der Waals surface area contributed by atoms with Crippen LogP contribution in [0.2, 0.25) is 5.02 Å². The first kappa shape index (κ1) is 13.1. The Bertz CT molecular complexity index is 626. The van der Waals surface area contributed by atoms with E-state index in [9.17, 15) is 4.79 Å². The van der Waals surface area contributed by atoms with Crippen LogP contribution in [-0.4, -0.2) is 12.1 Å². The maximum atomic E-state index is 12.1. The van der Waals surface area contributed by atoms with Crippen LogP contribution in [0.25, 0.3) is 0 Å². The molecule has 0 fully saturated rings. The van der Waals surface area contributed by atoms with Gasteiger partial charge in [0, 0.05) is 5.69 Å². The van der Waals surface area contributed by atoms with Crippen LogP contribution in [-0.2, 0) is 0 Å². The molecule has 19 heavy (non-hydrogen) atoms. The minimum absolute atomic E-state index is 0.257. The monoisotopic (exact) mass is 273 g/mol. The van der Waals surface area contributed by atoms with Gasteiger partial charge in [0.1, 0.15) is 0 Å². The summed E-state index contributed by atoms with van der Waals surface area (Å²) in [6.07, 6.45) is 1.51. The molecule has 1 amide bonds. The zero-order chi connectivity index (χ0) is 13.7. The van der Waals surface area contributed by atoms with Crippen LogP contribution < -0.4 is 11.2 Å². The topological polar surface area (TPSA) is 67.5 Å². The van der Waals surface area contributed by atoms with Crippen LogP contribution >= 0.6 is 11.6 Å². The number of hydrogen-bond donors (Lipinski definition) is 2. The van der Waals surface area contributed by atoms with Crippen molar-refractivity contribution >= 4 is 29.4 Å². The molecule has 0 atom stereocenters. The highest BCUT2D eigenvalue weighted by Crippen LogP contribution is 2.17. The lowest BCUT2D eigenvalue weighted by atomic mass is 10.2. The van der Waals surface area contributed by atoms with Gasteiger partial charge < -0.3 is 11.2 Å². The Morgan fingerprint density at radius 2 is 2.00 bits per heavy atom. The summed E-state index contributed by atoms with van der Waals surface area (Å²) in [5.41, 5.74) is 1.89. The Hall–Kier alpha value is -2.33. The second-order valence-electron chi connectivity index (χ2n) is 3.84. The molecule has 2 aromatic rings. The first-order valence-electron chi connectivity index (χ1n) is 5.60. The van der Waals surface area contributed by atoms with Gasteiger partial charge in [-0.3, -0.25) is 4.79 Å². The number of amides is 1. The highest BCUT2D eigenvalue weighted by atomic mass is 35.5. The van der Waals surface area contributed by atoms with E-state index in [0.717, 1.165) is 5.56 Å². The van der Waals surface area contributed by atoms with Crippen molar-refractivity contribution in [2.24, 2.45) is 10.9 Å². The molecule has 2 aromatic carbocycles. The van der Waals surface area contributed by atoms with Gasteiger partial charge >= 0.3 is 0 Å². The molecule has 0 saturated heterocycles. The van der Waals surface area contributed by atoms with Crippen LogP contribution in [0.5, 0.6) is 0 Å². The van der Waals surface area contributed by atoms with Gasteiger partial charge in [-0.05, 0) is 29.8 Å². The second-order valence-corrected chi connectivity index (χ2v) is 4.24. The molecule has 0 aliphatic heterocycles. The van der Waals surface area contributed by atoms with Crippen molar-refractivity contribution in [1.29, 1.82) is 0 Å². The van der Waals surface area contributed by atoms with Gasteiger partial charge in [0.25, 0.3) is 5.91 Å². The summed E-state index contributed by atoms with van der Waals surface area (Å²) in [4.78, 5) is 12.1. The molecular formula is C14H12ClN3O. The normalized spacial score (nSPS) is 10.6. The fourth-order valence-corrected chi connectivity index (χ4v) is 1.85. The second kappa shape index (κ2) is 6.02. The van der Waals surface area contributed by atoms with Gasteiger partial charge in [-0.2, -0.15) is 5.10 Å². The molecule has 3 N–H and O–H groups in total. The lowest BCUT2D eigenvalue weighted by Gasteiger charge is -2.07. The van der Waals surface area contributed by atoms with Crippen molar-refractivity contribution in [3.8, 4) is 0 Å². The van der Waals surface area contributed by atoms with E-state index in [0.29, 0.717) is 16.3 Å². The molecule has 2 rings (SSSR count). The van der Waals surface area contributed by atoms with E-state index in [2.05, 4.69) is 10.4 Å². The first-order valence-corrected chi connectivity index (χ1v) is 5.97. The van der Waals surface area contributed by atoms with Crippen LogP contribution in [0.1, 0.15) is 15.9 Å². The number of nitrogens with two attached hydrogens (primary N) is 1. The summed E-state index contributed by atoms with van der Waals surface area (Å²) in [6, 6.07) is 14.1. The van der Waals surface area contributed by atoms with Gasteiger partial charge in [0.2, 0.25) is 0 Å². The summed E-state index contributed by atoms with van der Waals surface area (Å²) in [7, 11) is 0. The van der Waals surface area contributed by atoms with E-state index in [1.807, 2.05) is 6.07 Å². The van der Waals surface area contributed by atoms with E-state index >= 15 is 0 Å². The molecule has 0 spiro atoms. The Balaban J connectivity index is 2.20. The number of carbonyl (C=O) groups is 1. The maximum absolute atomic E-state index is 12.1. The number of halogens is 1. The number of hydrogen-bond acceptors (Lipinski definition) is 3. The number of nitrogens with zero attached hydrogens (tertiary/aromatic N) is 1. The lowest BCUT2D eigenvalue weighted by Crippen LogP contribution is -2.12. The van der Waals surface area contributed by atoms with Gasteiger partial charge in [0.15, 0.2) is 0 Å². The van der Waals surface area contributed by atoms with Crippen LogP contribution in [0.4, 0.5) is 5.69 Å². The summed E-state index contributed by atoms with van der Waals surface area (Å²) in [5, 5.41) is 6.63. The summed E-state index contributed by atoms with van der Waals surface area (Å²) in [5.74, 6) is 4.83. The van der Waals surface area contributed by atoms with E-state index in [1.165, 1.54) is 6.21 Å². The molecule has 4 nitrogen and oxygen atoms in total. The number of nitrogens with one attached hydrogen (secondary N) is 1. The Labute approximate surface area is 115 Å². The number of rotatable bonds is 3. The zero-order valence-electron chi connectivity index (χ0n) is 10.0. The third kappa shape index (κ3) is 3.33. The average molecular weight is 274 g/mol. The molecule has 0 unspecified atom stereocenters. The predicted molar refractivity (Wildman–Crippen MR) is 77.6 cm³/mol. The van der Waals surface area contributed by atoms with Crippen LogP contribution in [0, 0.1) is 0 Å². The van der Waals surface area contributed by atoms with Gasteiger partial charge in [-0.15, -0.1) is 0 Å². The van der Waals surface area contributed by atoms with Gasteiger partial charge in [0.05, 0.1) is 16.8 Å². The van der Waals surface area contributed by atoms with Crippen molar-refractivity contribution in [3.05, 3.63) is 64.7 Å². The Kier molecular flexibility index (Phi) is 4.15. The van der Waals surface area contributed by atoms with Crippen molar-refractivity contribution in [2.75, 3.05) is 5.32 Å². The summed E-state index contributed by atoms with van der Waals surface area (Å²) in [6.45, 7) is 0. The maximum Gasteiger partial charge on any atom is 0.257 e. The molecule has 0 radical (unpaired) electrons. The number of carbonyl (C=O) groups excluding carboxylic acids is 1. The van der Waals surface area contributed by atoms with Crippen LogP contribution in [0.3, 0.4) is 0 Å². The Morgan fingerprint density at radius 3 is 2.74 bits per heavy atom. The van der Waals surface area contributed by atoms with Gasteiger partial charge in [-0.25, -0.2) is 0 Å². The minimum atomic E-state index is -0.257. The Morgan fingerprint density at radius 1 is 1.21 bits per heavy atom. The molecule has 0 aliphatic carbocycles. The van der Waals surface area contributed by atoms with Gasteiger partial charge in [-0.1, -0.05) is 35.9 Å². The third-order valence-electron chi connectivity index (χ3n) is 2.49. The number of benzene rings is 2. The van der Waals surface area contributed by atoms with E-state index in [4.69, 9.17) is 17.4 Å². The average Bonchev–Trinajstić information content (AvgIpc) is 2.40. The molecule has 0 heterocycles. The highest BCUT2D eigenvalue weighted by molar-refractivity contribution is 6.34. The molecular weight excluding hydrogens is 262 g/mol. The SMILES string of the molecule is N/N=C\c1cccc(NC(=O)c2ccccc2Cl)c1. The molecule has 96 valence electrons. The molecule has 0 aromatic heterocycles. The molecule has 0 bridgehead atoms. The largest absolute Gasteiger partial charge is 0.323 e. The number of anilines is 1. The van der Waals surface area contributed by atoms with E-state index in [1.54, 1.807) is 42.5 Å². The summed E-state index contributed by atoms with van der Waals surface area (Å²) >= 11 is 5.97. The summed E-state index contributed by atoms with van der Waals surface area (Å²) < 4.78 is 0. The first-order chi connectivity index (χ1) is 9.20.